The van der Waals surface area contributed by atoms with Crippen molar-refractivity contribution in [2.24, 2.45) is 4.99 Å². The van der Waals surface area contributed by atoms with Crippen molar-refractivity contribution < 1.29 is 9.59 Å². The maximum absolute atomic E-state index is 13.0. The molecule has 0 aromatic heterocycles. The van der Waals surface area contributed by atoms with Crippen LogP contribution in [0.3, 0.4) is 0 Å². The predicted octanol–water partition coefficient (Wildman–Crippen LogP) is 4.28. The fourth-order valence-corrected chi connectivity index (χ4v) is 4.50. The zero-order valence-corrected chi connectivity index (χ0v) is 15.4. The first-order valence-corrected chi connectivity index (χ1v) is 9.77. The van der Waals surface area contributed by atoms with Crippen LogP contribution in [0.15, 0.2) is 76.3 Å². The number of Topliss-reactive ketones (excluding diaryl/α,β-unsaturated/α-hetero) is 2. The van der Waals surface area contributed by atoms with Crippen molar-refractivity contribution >= 4 is 38.3 Å². The van der Waals surface area contributed by atoms with Crippen molar-refractivity contribution in [3.63, 3.8) is 0 Å². The zero-order valence-electron chi connectivity index (χ0n) is 13.8. The van der Waals surface area contributed by atoms with Crippen LogP contribution >= 0.6 is 21.6 Å². The van der Waals surface area contributed by atoms with Crippen LogP contribution in [0, 0.1) is 0 Å². The lowest BCUT2D eigenvalue weighted by molar-refractivity contribution is 0.0962. The molecule has 6 heteroatoms. The minimum absolute atomic E-state index is 0.117. The molecule has 0 aliphatic carbocycles. The molecule has 0 saturated heterocycles. The summed E-state index contributed by atoms with van der Waals surface area (Å²) in [4.78, 5) is 32.4. The summed E-state index contributed by atoms with van der Waals surface area (Å²) in [7, 11) is 6.55. The molecule has 0 N–H and O–H groups in total. The second-order valence-electron chi connectivity index (χ2n) is 5.53. The number of amidine groups is 1. The molecule has 0 unspecified atom stereocenters. The molecule has 0 amide bonds. The summed E-state index contributed by atoms with van der Waals surface area (Å²) in [5.41, 5.74) is 1.08. The third-order valence-corrected chi connectivity index (χ3v) is 5.83. The third kappa shape index (κ3) is 3.86. The van der Waals surface area contributed by atoms with Crippen molar-refractivity contribution in [1.29, 1.82) is 0 Å². The molecular formula is C19H16N2O2S2. The first-order valence-electron chi connectivity index (χ1n) is 7.62. The number of allylic oxidation sites excluding steroid dienone is 1. The number of carbonyl (C=O) groups is 2. The molecule has 2 aromatic carbocycles. The Kier molecular flexibility index (Phi) is 5.40. The van der Waals surface area contributed by atoms with Crippen molar-refractivity contribution in [1.82, 2.24) is 4.90 Å². The van der Waals surface area contributed by atoms with E-state index in [0.717, 1.165) is 5.17 Å². The van der Waals surface area contributed by atoms with Gasteiger partial charge in [0.2, 0.25) is 0 Å². The Bertz CT molecular complexity index is 806. The average Bonchev–Trinajstić information content (AvgIpc) is 3.13. The maximum Gasteiger partial charge on any atom is 0.199 e. The number of ketones is 2. The van der Waals surface area contributed by atoms with Crippen LogP contribution in [0.1, 0.15) is 20.7 Å². The highest BCUT2D eigenvalue weighted by molar-refractivity contribution is 8.84. The van der Waals surface area contributed by atoms with Crippen LogP contribution in [0.4, 0.5) is 0 Å². The Morgan fingerprint density at radius 3 is 1.68 bits per heavy atom. The van der Waals surface area contributed by atoms with Gasteiger partial charge in [-0.1, -0.05) is 60.7 Å². The Labute approximate surface area is 154 Å². The van der Waals surface area contributed by atoms with E-state index in [2.05, 4.69) is 4.99 Å². The van der Waals surface area contributed by atoms with Gasteiger partial charge in [-0.3, -0.25) is 9.59 Å². The molecule has 1 heterocycles. The fourth-order valence-electron chi connectivity index (χ4n) is 2.24. The second kappa shape index (κ2) is 7.72. The molecule has 1 aliphatic rings. The Morgan fingerprint density at radius 1 is 0.800 bits per heavy atom. The van der Waals surface area contributed by atoms with E-state index in [-0.39, 0.29) is 17.1 Å². The molecule has 25 heavy (non-hydrogen) atoms. The topological polar surface area (TPSA) is 49.7 Å². The van der Waals surface area contributed by atoms with Gasteiger partial charge in [-0.25, -0.2) is 4.99 Å². The van der Waals surface area contributed by atoms with E-state index in [4.69, 9.17) is 0 Å². The smallest absolute Gasteiger partial charge is 0.199 e. The molecule has 3 rings (SSSR count). The average molecular weight is 368 g/mol. The fraction of sp³-hybridized carbons (Fsp3) is 0.105. The van der Waals surface area contributed by atoms with Crippen molar-refractivity contribution in [2.75, 3.05) is 14.1 Å². The molecule has 0 atom stereocenters. The Balaban J connectivity index is 2.10. The SMILES string of the molecule is CN(C)C1=NC(=C(C(=O)c2ccccc2)C(=O)c2ccccc2)SS1. The first-order chi connectivity index (χ1) is 12.1. The maximum atomic E-state index is 13.0. The van der Waals surface area contributed by atoms with Gasteiger partial charge in [0, 0.05) is 25.2 Å². The number of aliphatic imine (C=N–C) groups is 1. The molecule has 0 fully saturated rings. The van der Waals surface area contributed by atoms with Crippen molar-refractivity contribution in [3.05, 3.63) is 82.4 Å². The number of nitrogens with zero attached hydrogens (tertiary/aromatic N) is 2. The van der Waals surface area contributed by atoms with E-state index < -0.39 is 0 Å². The van der Waals surface area contributed by atoms with Gasteiger partial charge in [-0.15, -0.1) is 0 Å². The van der Waals surface area contributed by atoms with E-state index in [1.165, 1.54) is 21.6 Å². The summed E-state index contributed by atoms with van der Waals surface area (Å²) in [6.07, 6.45) is 0. The highest BCUT2D eigenvalue weighted by Crippen LogP contribution is 2.42. The number of hydrogen-bond donors (Lipinski definition) is 0. The van der Waals surface area contributed by atoms with Crippen LogP contribution in [0.2, 0.25) is 0 Å². The quantitative estimate of drug-likeness (QED) is 0.265. The minimum Gasteiger partial charge on any atom is -0.357 e. The summed E-state index contributed by atoms with van der Waals surface area (Å²) in [6, 6.07) is 17.7. The van der Waals surface area contributed by atoms with Crippen molar-refractivity contribution in [2.45, 2.75) is 0 Å². The molecule has 0 radical (unpaired) electrons. The molecule has 0 saturated carbocycles. The first kappa shape index (κ1) is 17.5. The van der Waals surface area contributed by atoms with Gasteiger partial charge < -0.3 is 4.90 Å². The van der Waals surface area contributed by atoms with E-state index in [1.54, 1.807) is 48.5 Å². The molecule has 0 bridgehead atoms. The molecule has 2 aromatic rings. The molecular weight excluding hydrogens is 352 g/mol. The highest BCUT2D eigenvalue weighted by Gasteiger charge is 2.29. The van der Waals surface area contributed by atoms with Gasteiger partial charge >= 0.3 is 0 Å². The number of carbonyl (C=O) groups excluding carboxylic acids is 2. The summed E-state index contributed by atoms with van der Waals surface area (Å²) in [5.74, 6) is -0.609. The molecule has 4 nitrogen and oxygen atoms in total. The van der Waals surface area contributed by atoms with Crippen LogP contribution in [0.5, 0.6) is 0 Å². The molecule has 0 spiro atoms. The number of benzene rings is 2. The normalized spacial score (nSPS) is 13.4. The van der Waals surface area contributed by atoms with E-state index in [9.17, 15) is 9.59 Å². The summed E-state index contributed by atoms with van der Waals surface area (Å²) in [5, 5.41) is 1.22. The number of rotatable bonds is 4. The van der Waals surface area contributed by atoms with Crippen LogP contribution < -0.4 is 0 Å². The van der Waals surface area contributed by atoms with E-state index >= 15 is 0 Å². The van der Waals surface area contributed by atoms with Gasteiger partial charge in [0.05, 0.1) is 0 Å². The highest BCUT2D eigenvalue weighted by atomic mass is 33.1. The van der Waals surface area contributed by atoms with Crippen LogP contribution in [-0.2, 0) is 0 Å². The molecule has 1 aliphatic heterocycles. The standard InChI is InChI=1S/C19H16N2O2S2/c1-21(2)19-20-18(24-25-19)15(16(22)13-9-5-3-6-10-13)17(23)14-11-7-4-8-12-14/h3-12H,1-2H3. The lowest BCUT2D eigenvalue weighted by Crippen LogP contribution is -2.17. The van der Waals surface area contributed by atoms with Gasteiger partial charge in [0.15, 0.2) is 16.7 Å². The van der Waals surface area contributed by atoms with E-state index in [1.807, 2.05) is 31.1 Å². The van der Waals surface area contributed by atoms with Gasteiger partial charge in [0.1, 0.15) is 10.6 Å². The third-order valence-electron chi connectivity index (χ3n) is 3.51. The summed E-state index contributed by atoms with van der Waals surface area (Å²) in [6.45, 7) is 0. The lowest BCUT2D eigenvalue weighted by Gasteiger charge is -2.08. The summed E-state index contributed by atoms with van der Waals surface area (Å²) >= 11 is 0. The monoisotopic (exact) mass is 368 g/mol. The zero-order chi connectivity index (χ0) is 17.8. The molecule has 126 valence electrons. The van der Waals surface area contributed by atoms with Gasteiger partial charge in [-0.05, 0) is 21.6 Å². The second-order valence-corrected chi connectivity index (χ2v) is 7.61. The lowest BCUT2D eigenvalue weighted by atomic mass is 9.96. The van der Waals surface area contributed by atoms with Gasteiger partial charge in [0.25, 0.3) is 0 Å². The van der Waals surface area contributed by atoms with Gasteiger partial charge in [-0.2, -0.15) is 0 Å². The largest absolute Gasteiger partial charge is 0.357 e. The Morgan fingerprint density at radius 2 is 1.28 bits per heavy atom. The van der Waals surface area contributed by atoms with Crippen LogP contribution in [-0.4, -0.2) is 35.7 Å². The Hall–Kier alpha value is -2.31. The minimum atomic E-state index is -0.304. The number of hydrogen-bond acceptors (Lipinski definition) is 6. The summed E-state index contributed by atoms with van der Waals surface area (Å²) < 4.78 is 0. The predicted molar refractivity (Wildman–Crippen MR) is 105 cm³/mol. The van der Waals surface area contributed by atoms with E-state index in [0.29, 0.717) is 16.2 Å². The van der Waals surface area contributed by atoms with Crippen molar-refractivity contribution in [3.8, 4) is 0 Å². The van der Waals surface area contributed by atoms with Crippen LogP contribution in [0.25, 0.3) is 0 Å².